The molecule has 0 aromatic heterocycles. The van der Waals surface area contributed by atoms with E-state index in [0.717, 1.165) is 0 Å². The molecule has 3 unspecified atom stereocenters. The molecule has 6 aliphatic rings. The predicted octanol–water partition coefficient (Wildman–Crippen LogP) is 1.43. The zero-order valence-corrected chi connectivity index (χ0v) is 19.2. The number of fused-ring (bicyclic) bond motifs is 2. The van der Waals surface area contributed by atoms with Crippen LogP contribution in [-0.2, 0) is 9.53 Å². The minimum atomic E-state index is -2.24. The normalized spacial score (nSPS) is 49.6. The summed E-state index contributed by atoms with van der Waals surface area (Å²) < 4.78 is 19.3. The number of hydrogen-bond donors (Lipinski definition) is 5. The number of nitrogens with zero attached hydrogens (tertiary/aromatic N) is 1. The van der Waals surface area contributed by atoms with Gasteiger partial charge in [-0.2, -0.15) is 5.10 Å². The van der Waals surface area contributed by atoms with Crippen LogP contribution in [-0.4, -0.2) is 62.6 Å². The molecule has 1 aromatic carbocycles. The molecule has 0 radical (unpaired) electrons. The summed E-state index contributed by atoms with van der Waals surface area (Å²) in [4.78, 5) is 13.5. The van der Waals surface area contributed by atoms with Gasteiger partial charge in [-0.25, -0.2) is 4.39 Å². The molecule has 2 saturated heterocycles. The van der Waals surface area contributed by atoms with Gasteiger partial charge in [-0.1, -0.05) is 13.8 Å². The number of hydrogen-bond acceptors (Lipinski definition) is 8. The number of carbonyl (C=O) groups is 1. The second-order valence-electron chi connectivity index (χ2n) is 11.6. The molecule has 1 aromatic rings. The maximum absolute atomic E-state index is 13.5. The van der Waals surface area contributed by atoms with Crippen LogP contribution in [0.4, 0.5) is 10.1 Å². The Bertz CT molecular complexity index is 1080. The summed E-state index contributed by atoms with van der Waals surface area (Å²) in [5.74, 6) is -4.86. The molecule has 6 fully saturated rings. The second-order valence-corrected chi connectivity index (χ2v) is 11.6. The number of aliphatic hydroxyl groups excluding tert-OH is 3. The average molecular weight is 475 g/mol. The van der Waals surface area contributed by atoms with Gasteiger partial charge in [0, 0.05) is 11.3 Å². The molecular formula is C25H31FN2O6. The van der Waals surface area contributed by atoms with Crippen molar-refractivity contribution in [2.45, 2.75) is 63.6 Å². The van der Waals surface area contributed by atoms with Crippen molar-refractivity contribution < 1.29 is 34.3 Å². The number of anilines is 1. The molecule has 34 heavy (non-hydrogen) atoms. The largest absolute Gasteiger partial charge is 0.392 e. The van der Waals surface area contributed by atoms with Gasteiger partial charge in [-0.05, 0) is 61.3 Å². The van der Waals surface area contributed by atoms with Crippen LogP contribution in [0, 0.1) is 39.8 Å². The summed E-state index contributed by atoms with van der Waals surface area (Å²) in [7, 11) is 0. The molecule has 7 rings (SSSR count). The van der Waals surface area contributed by atoms with Gasteiger partial charge in [-0.15, -0.1) is 0 Å². The number of nitrogens with one attached hydrogen (secondary N) is 1. The van der Waals surface area contributed by atoms with Crippen LogP contribution in [0.2, 0.25) is 0 Å². The molecule has 9 atom stereocenters. The van der Waals surface area contributed by atoms with Crippen molar-refractivity contribution in [2.24, 2.45) is 39.1 Å². The minimum Gasteiger partial charge on any atom is -0.392 e. The molecule has 2 aliphatic heterocycles. The van der Waals surface area contributed by atoms with Crippen LogP contribution in [0.25, 0.3) is 0 Å². The van der Waals surface area contributed by atoms with Gasteiger partial charge in [0.15, 0.2) is 5.78 Å². The lowest BCUT2D eigenvalue weighted by Gasteiger charge is -2.75. The predicted molar refractivity (Wildman–Crippen MR) is 119 cm³/mol. The highest BCUT2D eigenvalue weighted by Gasteiger charge is 2.87. The van der Waals surface area contributed by atoms with E-state index in [4.69, 9.17) is 4.74 Å². The lowest BCUT2D eigenvalue weighted by Crippen LogP contribution is -2.85. The van der Waals surface area contributed by atoms with Gasteiger partial charge >= 0.3 is 0 Å². The van der Waals surface area contributed by atoms with E-state index in [1.54, 1.807) is 0 Å². The third-order valence-electron chi connectivity index (χ3n) is 9.87. The number of carbonyl (C=O) groups excluding carboxylic acids is 1. The summed E-state index contributed by atoms with van der Waals surface area (Å²) in [6.45, 7) is 4.09. The van der Waals surface area contributed by atoms with Gasteiger partial charge < -0.3 is 25.2 Å². The Morgan fingerprint density at radius 3 is 2.50 bits per heavy atom. The number of Topliss-reactive ketones (excluding diaryl/α,β-unsaturated/α-hetero) is 1. The average Bonchev–Trinajstić information content (AvgIpc) is 2.90. The van der Waals surface area contributed by atoms with E-state index in [9.17, 15) is 29.6 Å². The minimum absolute atomic E-state index is 0.0342. The first-order valence-electron chi connectivity index (χ1n) is 12.1. The molecule has 4 saturated carbocycles. The van der Waals surface area contributed by atoms with Gasteiger partial charge in [0.25, 0.3) is 0 Å². The van der Waals surface area contributed by atoms with Crippen LogP contribution in [0.1, 0.15) is 39.5 Å². The molecule has 4 bridgehead atoms. The number of hydrazone groups is 1. The topological polar surface area (TPSA) is 132 Å². The zero-order valence-electron chi connectivity index (χ0n) is 19.2. The number of aliphatic hydroxyl groups is 4. The highest BCUT2D eigenvalue weighted by molar-refractivity contribution is 6.45. The van der Waals surface area contributed by atoms with Gasteiger partial charge in [0.2, 0.25) is 5.79 Å². The standard InChI is InChI=1S/C25H31FN2O6/c1-22(2)10-9-16(29)23-11-34-25(33,21(32)18(22)23)24-15(23)8-7-14(20(24)31)17(30)19(24)28-27-13-5-3-12(26)4-6-13/h3-6,14-16,18,20-21,27,29,31-33H,7-11H2,1-2H3/b28-19+/t14-,15?,16-,18?,20+,21-,23+,24?,25-/m0/s1. The highest BCUT2D eigenvalue weighted by atomic mass is 19.1. The number of rotatable bonds is 2. The highest BCUT2D eigenvalue weighted by Crippen LogP contribution is 2.75. The van der Waals surface area contributed by atoms with E-state index in [2.05, 4.69) is 10.5 Å². The fourth-order valence-electron chi connectivity index (χ4n) is 8.57. The third kappa shape index (κ3) is 2.35. The number of benzene rings is 1. The second kappa shape index (κ2) is 6.85. The fraction of sp³-hybridized carbons (Fsp3) is 0.680. The summed E-state index contributed by atoms with van der Waals surface area (Å²) in [5.41, 5.74) is 0.0868. The molecule has 184 valence electrons. The monoisotopic (exact) mass is 474 g/mol. The van der Waals surface area contributed by atoms with Crippen molar-refractivity contribution in [3.63, 3.8) is 0 Å². The van der Waals surface area contributed by atoms with E-state index in [1.807, 2.05) is 13.8 Å². The lowest BCUT2D eigenvalue weighted by atomic mass is 9.35. The van der Waals surface area contributed by atoms with Crippen molar-refractivity contribution in [3.05, 3.63) is 30.1 Å². The van der Waals surface area contributed by atoms with Crippen molar-refractivity contribution >= 4 is 17.2 Å². The molecule has 2 spiro atoms. The third-order valence-corrected chi connectivity index (χ3v) is 9.87. The summed E-state index contributed by atoms with van der Waals surface area (Å²) in [5, 5.41) is 51.1. The molecular weight excluding hydrogens is 443 g/mol. The molecule has 4 aliphatic carbocycles. The van der Waals surface area contributed by atoms with E-state index < -0.39 is 69.7 Å². The summed E-state index contributed by atoms with van der Waals surface area (Å²) in [6, 6.07) is 5.43. The van der Waals surface area contributed by atoms with Crippen LogP contribution >= 0.6 is 0 Å². The van der Waals surface area contributed by atoms with Gasteiger partial charge in [0.05, 0.1) is 30.4 Å². The van der Waals surface area contributed by atoms with Crippen molar-refractivity contribution in [1.29, 1.82) is 0 Å². The maximum Gasteiger partial charge on any atom is 0.206 e. The summed E-state index contributed by atoms with van der Waals surface area (Å²) >= 11 is 0. The molecule has 5 N–H and O–H groups in total. The maximum atomic E-state index is 13.5. The quantitative estimate of drug-likeness (QED) is 0.410. The van der Waals surface area contributed by atoms with E-state index >= 15 is 0 Å². The first-order chi connectivity index (χ1) is 16.0. The Hall–Kier alpha value is -1.91. The number of ketones is 1. The van der Waals surface area contributed by atoms with E-state index in [0.29, 0.717) is 31.4 Å². The zero-order chi connectivity index (χ0) is 24.3. The van der Waals surface area contributed by atoms with Gasteiger partial charge in [0.1, 0.15) is 23.0 Å². The van der Waals surface area contributed by atoms with Crippen LogP contribution in [0.3, 0.4) is 0 Å². The van der Waals surface area contributed by atoms with Gasteiger partial charge in [-0.3, -0.25) is 10.2 Å². The Kier molecular flexibility index (Phi) is 4.54. The Balaban J connectivity index is 1.55. The SMILES string of the molecule is CC1(C)CC[C@H](O)[C@]23CO[C@@](O)([C@@H](O)C12)C12/C(=N/Nc4ccc(F)cc4)C(=O)[C@H](CCC13)[C@H]2O. The smallest absolute Gasteiger partial charge is 0.206 e. The molecule has 8 nitrogen and oxygen atoms in total. The fourth-order valence-corrected chi connectivity index (χ4v) is 8.57. The van der Waals surface area contributed by atoms with E-state index in [-0.39, 0.29) is 12.3 Å². The van der Waals surface area contributed by atoms with Crippen LogP contribution in [0.15, 0.2) is 29.4 Å². The molecule has 9 heteroatoms. The Morgan fingerprint density at radius 2 is 1.79 bits per heavy atom. The van der Waals surface area contributed by atoms with Crippen LogP contribution < -0.4 is 5.43 Å². The Labute approximate surface area is 196 Å². The molecule has 0 amide bonds. The first-order valence-corrected chi connectivity index (χ1v) is 12.1. The Morgan fingerprint density at radius 1 is 1.09 bits per heavy atom. The first kappa shape index (κ1) is 22.5. The van der Waals surface area contributed by atoms with Crippen molar-refractivity contribution in [1.82, 2.24) is 0 Å². The van der Waals surface area contributed by atoms with E-state index in [1.165, 1.54) is 24.3 Å². The van der Waals surface area contributed by atoms with Crippen molar-refractivity contribution in [3.8, 4) is 0 Å². The van der Waals surface area contributed by atoms with Crippen molar-refractivity contribution in [2.75, 3.05) is 12.0 Å². The number of ether oxygens (including phenoxy) is 1. The summed E-state index contributed by atoms with van der Waals surface area (Å²) in [6.07, 6.45) is -1.51. The lowest BCUT2D eigenvalue weighted by molar-refractivity contribution is -0.455. The number of halogens is 1. The van der Waals surface area contributed by atoms with Crippen LogP contribution in [0.5, 0.6) is 0 Å². The molecule has 2 heterocycles.